The normalized spacial score (nSPS) is 17.5. The van der Waals surface area contributed by atoms with Gasteiger partial charge in [-0.1, -0.05) is 13.0 Å². The number of aryl methyl sites for hydroxylation is 1. The maximum absolute atomic E-state index is 14.0. The van der Waals surface area contributed by atoms with Crippen molar-refractivity contribution in [3.05, 3.63) is 47.7 Å². The molecule has 1 aromatic heterocycles. The van der Waals surface area contributed by atoms with Crippen molar-refractivity contribution in [2.24, 2.45) is 5.92 Å². The molecule has 1 aliphatic heterocycles. The summed E-state index contributed by atoms with van der Waals surface area (Å²) in [5.74, 6) is -0.387. The fourth-order valence-corrected chi connectivity index (χ4v) is 5.17. The molecule has 1 saturated heterocycles. The molecule has 0 spiro atoms. The fraction of sp³-hybridized carbons (Fsp3) is 0.455. The highest BCUT2D eigenvalue weighted by Crippen LogP contribution is 2.31. The number of hydrogen-bond donors (Lipinski definition) is 1. The Morgan fingerprint density at radius 3 is 2.75 bits per heavy atom. The van der Waals surface area contributed by atoms with Gasteiger partial charge in [0.05, 0.1) is 23.8 Å². The summed E-state index contributed by atoms with van der Waals surface area (Å²) in [5.41, 5.74) is 1.10. The van der Waals surface area contributed by atoms with Gasteiger partial charge < -0.3 is 9.15 Å². The van der Waals surface area contributed by atoms with Gasteiger partial charge in [0, 0.05) is 12.5 Å². The number of carbonyl (C=O) groups is 2. The monoisotopic (exact) mass is 464 g/mol. The minimum atomic E-state index is -3.44. The highest BCUT2D eigenvalue weighted by atomic mass is 32.2. The second-order valence-corrected chi connectivity index (χ2v) is 10.6. The predicted octanol–water partition coefficient (Wildman–Crippen LogP) is 3.02. The number of benzene rings is 1. The van der Waals surface area contributed by atoms with Crippen molar-refractivity contribution in [2.45, 2.75) is 32.1 Å². The van der Waals surface area contributed by atoms with E-state index in [4.69, 9.17) is 9.15 Å². The first-order valence-electron chi connectivity index (χ1n) is 10.5. The number of nitrogens with zero attached hydrogens (tertiary/aromatic N) is 1. The van der Waals surface area contributed by atoms with E-state index in [-0.39, 0.29) is 36.1 Å². The van der Waals surface area contributed by atoms with Crippen molar-refractivity contribution in [3.63, 3.8) is 0 Å². The summed E-state index contributed by atoms with van der Waals surface area (Å²) in [5, 5.41) is 2.17. The minimum Gasteiger partial charge on any atom is -0.490 e. The van der Waals surface area contributed by atoms with E-state index in [1.165, 1.54) is 17.2 Å². The fourth-order valence-electron chi connectivity index (χ4n) is 3.54. The lowest BCUT2D eigenvalue weighted by atomic mass is 10.0. The molecule has 2 aliphatic rings. The van der Waals surface area contributed by atoms with E-state index in [1.807, 2.05) is 0 Å². The average Bonchev–Trinajstić information content (AvgIpc) is 3.33. The average molecular weight is 465 g/mol. The smallest absolute Gasteiger partial charge is 0.329 e. The molecule has 1 atom stereocenters. The summed E-state index contributed by atoms with van der Waals surface area (Å²) < 4.78 is 50.2. The minimum absolute atomic E-state index is 0.0996. The number of urea groups is 1. The zero-order valence-corrected chi connectivity index (χ0v) is 18.5. The number of furan rings is 1. The summed E-state index contributed by atoms with van der Waals surface area (Å²) in [4.78, 5) is 24.3. The number of halogens is 1. The molecule has 1 N–H and O–H groups in total. The Hall–Kier alpha value is -2.88. The van der Waals surface area contributed by atoms with Gasteiger partial charge in [-0.25, -0.2) is 17.6 Å². The van der Waals surface area contributed by atoms with Crippen LogP contribution in [0.5, 0.6) is 5.75 Å². The third-order valence-electron chi connectivity index (χ3n) is 5.60. The standard InChI is InChI=1S/C22H25FN2O6S/c1-14(16-4-5-19(23)20(8-16)31-11-15-2-3-15)13-32(28,29)7-6-18-9-17(12-30-18)25-10-21(26)24-22(25)27/h4-5,8-9,12,14-15H,2-3,6-7,10-11,13H2,1H3,(H,24,26,27)/t14-/m0/s1. The topological polar surface area (TPSA) is 106 Å². The summed E-state index contributed by atoms with van der Waals surface area (Å²) in [6.45, 7) is 2.16. The number of ether oxygens (including phenoxy) is 1. The van der Waals surface area contributed by atoms with Crippen molar-refractivity contribution in [1.29, 1.82) is 0 Å². The first-order valence-corrected chi connectivity index (χ1v) is 12.3. The van der Waals surface area contributed by atoms with Crippen molar-refractivity contribution in [1.82, 2.24) is 5.32 Å². The Balaban J connectivity index is 1.33. The zero-order chi connectivity index (χ0) is 22.9. The molecule has 1 aromatic carbocycles. The molecule has 2 heterocycles. The number of amides is 3. The largest absolute Gasteiger partial charge is 0.490 e. The Labute approximate surface area is 185 Å². The molecular formula is C22H25FN2O6S. The Morgan fingerprint density at radius 2 is 2.06 bits per heavy atom. The molecule has 8 nitrogen and oxygen atoms in total. The lowest BCUT2D eigenvalue weighted by Crippen LogP contribution is -2.27. The number of hydrogen-bond acceptors (Lipinski definition) is 6. The van der Waals surface area contributed by atoms with Crippen molar-refractivity contribution in [3.8, 4) is 5.75 Å². The van der Waals surface area contributed by atoms with Gasteiger partial charge in [-0.3, -0.25) is 15.0 Å². The van der Waals surface area contributed by atoms with Crippen LogP contribution in [-0.2, 0) is 21.1 Å². The van der Waals surface area contributed by atoms with Crippen LogP contribution in [0.15, 0.2) is 34.9 Å². The molecule has 2 fully saturated rings. The van der Waals surface area contributed by atoms with Crippen molar-refractivity contribution < 1.29 is 31.6 Å². The molecule has 0 bridgehead atoms. The summed E-state index contributed by atoms with van der Waals surface area (Å²) in [6, 6.07) is 5.49. The molecule has 172 valence electrons. The highest BCUT2D eigenvalue weighted by molar-refractivity contribution is 7.91. The van der Waals surface area contributed by atoms with Crippen LogP contribution in [0.4, 0.5) is 14.9 Å². The molecule has 1 saturated carbocycles. The van der Waals surface area contributed by atoms with E-state index in [1.54, 1.807) is 25.1 Å². The zero-order valence-electron chi connectivity index (χ0n) is 17.7. The number of rotatable bonds is 10. The summed E-state index contributed by atoms with van der Waals surface area (Å²) in [7, 11) is -3.44. The lowest BCUT2D eigenvalue weighted by molar-refractivity contribution is -0.117. The van der Waals surface area contributed by atoms with Gasteiger partial charge in [0.25, 0.3) is 0 Å². The third-order valence-corrected chi connectivity index (χ3v) is 7.44. The van der Waals surface area contributed by atoms with Crippen LogP contribution in [0.25, 0.3) is 0 Å². The number of anilines is 1. The first-order chi connectivity index (χ1) is 15.2. The molecule has 10 heteroatoms. The van der Waals surface area contributed by atoms with Crippen LogP contribution in [0.3, 0.4) is 0 Å². The molecule has 0 radical (unpaired) electrons. The number of nitrogens with one attached hydrogen (secondary N) is 1. The number of imide groups is 1. The van der Waals surface area contributed by atoms with Crippen molar-refractivity contribution in [2.75, 3.05) is 29.6 Å². The van der Waals surface area contributed by atoms with E-state index < -0.39 is 27.6 Å². The van der Waals surface area contributed by atoms with Gasteiger partial charge in [0.2, 0.25) is 5.91 Å². The van der Waals surface area contributed by atoms with Gasteiger partial charge in [0.15, 0.2) is 21.4 Å². The maximum Gasteiger partial charge on any atom is 0.329 e. The molecule has 4 rings (SSSR count). The Bertz CT molecular complexity index is 1130. The van der Waals surface area contributed by atoms with Crippen LogP contribution in [0.1, 0.15) is 37.0 Å². The Morgan fingerprint density at radius 1 is 1.28 bits per heavy atom. The molecular weight excluding hydrogens is 439 g/mol. The van der Waals surface area contributed by atoms with Crippen LogP contribution in [-0.4, -0.2) is 45.0 Å². The second-order valence-electron chi connectivity index (χ2n) is 8.42. The summed E-state index contributed by atoms with van der Waals surface area (Å²) in [6.07, 6.45) is 3.65. The molecule has 1 aliphatic carbocycles. The van der Waals surface area contributed by atoms with Gasteiger partial charge in [0.1, 0.15) is 18.6 Å². The number of sulfone groups is 1. The lowest BCUT2D eigenvalue weighted by Gasteiger charge is -2.14. The Kier molecular flexibility index (Phi) is 6.23. The second kappa shape index (κ2) is 8.93. The molecule has 2 aromatic rings. The predicted molar refractivity (Wildman–Crippen MR) is 115 cm³/mol. The van der Waals surface area contributed by atoms with E-state index in [9.17, 15) is 22.4 Å². The molecule has 32 heavy (non-hydrogen) atoms. The van der Waals surface area contributed by atoms with E-state index in [0.29, 0.717) is 29.5 Å². The van der Waals surface area contributed by atoms with Crippen LogP contribution < -0.4 is 15.0 Å². The summed E-state index contributed by atoms with van der Waals surface area (Å²) >= 11 is 0. The SMILES string of the molecule is C[C@@H](CS(=O)(=O)CCc1cc(N2CC(=O)NC2=O)co1)c1ccc(F)c(OCC2CC2)c1. The van der Waals surface area contributed by atoms with Gasteiger partial charge >= 0.3 is 6.03 Å². The first kappa shape index (κ1) is 22.3. The quantitative estimate of drug-likeness (QED) is 0.542. The maximum atomic E-state index is 14.0. The van der Waals surface area contributed by atoms with E-state index in [2.05, 4.69) is 5.32 Å². The van der Waals surface area contributed by atoms with Crippen LogP contribution in [0.2, 0.25) is 0 Å². The van der Waals surface area contributed by atoms with E-state index in [0.717, 1.165) is 12.8 Å². The molecule has 0 unspecified atom stereocenters. The molecule has 3 amide bonds. The van der Waals surface area contributed by atoms with Crippen LogP contribution in [0, 0.1) is 11.7 Å². The van der Waals surface area contributed by atoms with Gasteiger partial charge in [-0.05, 0) is 42.4 Å². The van der Waals surface area contributed by atoms with Gasteiger partial charge in [-0.15, -0.1) is 0 Å². The van der Waals surface area contributed by atoms with Crippen molar-refractivity contribution >= 4 is 27.5 Å². The van der Waals surface area contributed by atoms with Gasteiger partial charge in [-0.2, -0.15) is 0 Å². The third kappa shape index (κ3) is 5.48. The van der Waals surface area contributed by atoms with E-state index >= 15 is 0 Å². The number of carbonyl (C=O) groups excluding carboxylic acids is 2. The van der Waals surface area contributed by atoms with Crippen LogP contribution >= 0.6 is 0 Å². The highest BCUT2D eigenvalue weighted by Gasteiger charge is 2.29.